The van der Waals surface area contributed by atoms with Gasteiger partial charge >= 0.3 is 0 Å². The molecule has 0 nitrogen and oxygen atoms in total. The van der Waals surface area contributed by atoms with Crippen molar-refractivity contribution in [3.05, 3.63) is 82.9 Å². The van der Waals surface area contributed by atoms with Crippen molar-refractivity contribution in [2.24, 2.45) is 11.8 Å². The topological polar surface area (TPSA) is 0 Å². The Bertz CT molecular complexity index is 949. The summed E-state index contributed by atoms with van der Waals surface area (Å²) < 4.78 is 0. The molecular formula is C35H46. The Kier molecular flexibility index (Phi) is 10.1. The minimum atomic E-state index is 0.689. The average Bonchev–Trinajstić information content (AvgIpc) is 2.92. The molecule has 2 saturated carbocycles. The molecule has 0 spiro atoms. The van der Waals surface area contributed by atoms with Crippen LogP contribution in [0.5, 0.6) is 0 Å². The van der Waals surface area contributed by atoms with Gasteiger partial charge in [0.1, 0.15) is 0 Å². The largest absolute Gasteiger partial charge is 0.0730 e. The van der Waals surface area contributed by atoms with Gasteiger partial charge in [-0.3, -0.25) is 0 Å². The van der Waals surface area contributed by atoms with Gasteiger partial charge in [-0.05, 0) is 123 Å². The van der Waals surface area contributed by atoms with E-state index in [1.165, 1.54) is 94.6 Å². The van der Waals surface area contributed by atoms with E-state index in [2.05, 4.69) is 86.4 Å². The minimum Gasteiger partial charge on any atom is -0.0730 e. The summed E-state index contributed by atoms with van der Waals surface area (Å²) in [5, 5.41) is 0. The van der Waals surface area contributed by atoms with Crippen LogP contribution in [-0.4, -0.2) is 0 Å². The SMILES string of the molecule is CCCCCc1ccc([C@H]2CC[C@H](C=CC#Cc3ccc([C@H]4CC[C@H](CC)CC4)cc3)CC2)cc1. The Morgan fingerprint density at radius 1 is 0.714 bits per heavy atom. The number of rotatable bonds is 8. The van der Waals surface area contributed by atoms with Crippen molar-refractivity contribution in [1.29, 1.82) is 0 Å². The van der Waals surface area contributed by atoms with E-state index < -0.39 is 0 Å². The molecule has 0 unspecified atom stereocenters. The van der Waals surface area contributed by atoms with Crippen molar-refractivity contribution >= 4 is 0 Å². The number of aryl methyl sites for hydroxylation is 1. The Morgan fingerprint density at radius 3 is 1.91 bits per heavy atom. The van der Waals surface area contributed by atoms with Crippen LogP contribution in [0.25, 0.3) is 0 Å². The molecule has 0 heteroatoms. The second-order valence-corrected chi connectivity index (χ2v) is 11.2. The van der Waals surface area contributed by atoms with E-state index in [0.29, 0.717) is 5.92 Å². The normalized spacial score (nSPS) is 24.7. The summed E-state index contributed by atoms with van der Waals surface area (Å²) in [6.07, 6.45) is 21.7. The highest BCUT2D eigenvalue weighted by Crippen LogP contribution is 2.37. The molecule has 2 fully saturated rings. The number of hydrogen-bond donors (Lipinski definition) is 0. The molecule has 0 atom stereocenters. The van der Waals surface area contributed by atoms with E-state index in [4.69, 9.17) is 0 Å². The van der Waals surface area contributed by atoms with Crippen LogP contribution < -0.4 is 0 Å². The van der Waals surface area contributed by atoms with E-state index in [9.17, 15) is 0 Å². The van der Waals surface area contributed by atoms with Crippen molar-refractivity contribution in [2.45, 2.75) is 109 Å². The lowest BCUT2D eigenvalue weighted by molar-refractivity contribution is 0.319. The molecule has 0 heterocycles. The Balaban J connectivity index is 1.20. The van der Waals surface area contributed by atoms with Crippen molar-refractivity contribution in [1.82, 2.24) is 0 Å². The molecule has 35 heavy (non-hydrogen) atoms. The van der Waals surface area contributed by atoms with Crippen molar-refractivity contribution in [3.8, 4) is 11.8 Å². The maximum atomic E-state index is 3.35. The average molecular weight is 467 g/mol. The van der Waals surface area contributed by atoms with Gasteiger partial charge in [0.05, 0.1) is 0 Å². The third-order valence-corrected chi connectivity index (χ3v) is 8.77. The van der Waals surface area contributed by atoms with Gasteiger partial charge in [0.25, 0.3) is 0 Å². The monoisotopic (exact) mass is 466 g/mol. The first-order chi connectivity index (χ1) is 17.2. The molecule has 2 aliphatic carbocycles. The quantitative estimate of drug-likeness (QED) is 0.268. The molecule has 0 saturated heterocycles. The Labute approximate surface area is 215 Å². The second-order valence-electron chi connectivity index (χ2n) is 11.2. The van der Waals surface area contributed by atoms with Crippen molar-refractivity contribution < 1.29 is 0 Å². The summed E-state index contributed by atoms with van der Waals surface area (Å²) in [6.45, 7) is 4.62. The lowest BCUT2D eigenvalue weighted by Gasteiger charge is -2.28. The summed E-state index contributed by atoms with van der Waals surface area (Å²) in [7, 11) is 0. The van der Waals surface area contributed by atoms with Crippen molar-refractivity contribution in [2.75, 3.05) is 0 Å². The molecule has 2 aromatic rings. The number of hydrogen-bond acceptors (Lipinski definition) is 0. The first-order valence-corrected chi connectivity index (χ1v) is 14.6. The van der Waals surface area contributed by atoms with Gasteiger partial charge in [0, 0.05) is 5.56 Å². The minimum absolute atomic E-state index is 0.689. The Morgan fingerprint density at radius 2 is 1.31 bits per heavy atom. The third-order valence-electron chi connectivity index (χ3n) is 8.77. The summed E-state index contributed by atoms with van der Waals surface area (Å²) >= 11 is 0. The lowest BCUT2D eigenvalue weighted by atomic mass is 9.78. The fourth-order valence-electron chi connectivity index (χ4n) is 6.23. The van der Waals surface area contributed by atoms with Crippen LogP contribution in [-0.2, 0) is 6.42 Å². The maximum Gasteiger partial charge on any atom is 0.0249 e. The van der Waals surface area contributed by atoms with Gasteiger partial charge < -0.3 is 0 Å². The van der Waals surface area contributed by atoms with Gasteiger partial charge in [0.15, 0.2) is 0 Å². The van der Waals surface area contributed by atoms with E-state index in [1.807, 2.05) is 0 Å². The highest BCUT2D eigenvalue weighted by Gasteiger charge is 2.21. The maximum absolute atomic E-state index is 3.35. The van der Waals surface area contributed by atoms with Crippen LogP contribution in [0.2, 0.25) is 0 Å². The zero-order valence-corrected chi connectivity index (χ0v) is 22.3. The van der Waals surface area contributed by atoms with Crippen LogP contribution >= 0.6 is 0 Å². The highest BCUT2D eigenvalue weighted by atomic mass is 14.3. The Hall–Kier alpha value is -2.26. The lowest BCUT2D eigenvalue weighted by Crippen LogP contribution is -2.12. The standard InChI is InChI=1S/C35H46/c1-3-5-6-9-29-14-22-34(23-15-29)35-26-18-31(19-27-35)11-8-7-10-30-16-24-33(25-17-30)32-20-12-28(4-2)13-21-32/h8,11,14-17,22-25,28,31-32,35H,3-6,9,12-13,18-21,26-27H2,1-2H3/t28-,31-,32-,35-. The van der Waals surface area contributed by atoms with Crippen LogP contribution in [0.1, 0.15) is 125 Å². The predicted octanol–water partition coefficient (Wildman–Crippen LogP) is 9.98. The molecule has 0 radical (unpaired) electrons. The van der Waals surface area contributed by atoms with Crippen LogP contribution in [0.4, 0.5) is 0 Å². The van der Waals surface area contributed by atoms with Gasteiger partial charge in [-0.2, -0.15) is 0 Å². The molecular weight excluding hydrogens is 420 g/mol. The van der Waals surface area contributed by atoms with Crippen LogP contribution in [0.3, 0.4) is 0 Å². The number of benzene rings is 2. The molecule has 2 aromatic carbocycles. The smallest absolute Gasteiger partial charge is 0.0249 e. The molecule has 2 aliphatic rings. The van der Waals surface area contributed by atoms with E-state index in [1.54, 1.807) is 5.56 Å². The summed E-state index contributed by atoms with van der Waals surface area (Å²) in [6, 6.07) is 18.6. The summed E-state index contributed by atoms with van der Waals surface area (Å²) in [4.78, 5) is 0. The molecule has 4 rings (SSSR count). The van der Waals surface area contributed by atoms with Crippen LogP contribution in [0, 0.1) is 23.7 Å². The van der Waals surface area contributed by atoms with Gasteiger partial charge in [-0.1, -0.05) is 87.4 Å². The zero-order valence-electron chi connectivity index (χ0n) is 22.3. The fraction of sp³-hybridized carbons (Fsp3) is 0.543. The van der Waals surface area contributed by atoms with Gasteiger partial charge in [-0.25, -0.2) is 0 Å². The van der Waals surface area contributed by atoms with Crippen LogP contribution in [0.15, 0.2) is 60.7 Å². The van der Waals surface area contributed by atoms with E-state index >= 15 is 0 Å². The predicted molar refractivity (Wildman–Crippen MR) is 152 cm³/mol. The zero-order chi connectivity index (χ0) is 24.3. The fourth-order valence-corrected chi connectivity index (χ4v) is 6.23. The number of unbranched alkanes of at least 4 members (excludes halogenated alkanes) is 2. The third kappa shape index (κ3) is 7.87. The molecule has 0 amide bonds. The van der Waals surface area contributed by atoms with Gasteiger partial charge in [0.2, 0.25) is 0 Å². The first kappa shape index (κ1) is 25.8. The molecule has 0 N–H and O–H groups in total. The van der Waals surface area contributed by atoms with E-state index in [0.717, 1.165) is 23.3 Å². The molecule has 186 valence electrons. The number of allylic oxidation sites excluding steroid dienone is 2. The summed E-state index contributed by atoms with van der Waals surface area (Å²) in [5.41, 5.74) is 5.71. The molecule has 0 aliphatic heterocycles. The second kappa shape index (κ2) is 13.7. The molecule has 0 aromatic heterocycles. The first-order valence-electron chi connectivity index (χ1n) is 14.6. The molecule has 0 bridgehead atoms. The van der Waals surface area contributed by atoms with Crippen molar-refractivity contribution in [3.63, 3.8) is 0 Å². The highest BCUT2D eigenvalue weighted by molar-refractivity contribution is 5.39. The van der Waals surface area contributed by atoms with E-state index in [-0.39, 0.29) is 0 Å². The van der Waals surface area contributed by atoms with Gasteiger partial charge in [-0.15, -0.1) is 0 Å². The summed E-state index contributed by atoms with van der Waals surface area (Å²) in [5.74, 6) is 9.81.